The molecule has 1 aromatic carbocycles. The summed E-state index contributed by atoms with van der Waals surface area (Å²) in [6.45, 7) is 5.16. The number of phenols is 1. The highest BCUT2D eigenvalue weighted by Gasteiger charge is 2.40. The predicted octanol–water partition coefficient (Wildman–Crippen LogP) is 3.42. The van der Waals surface area contributed by atoms with Gasteiger partial charge in [0.05, 0.1) is 0 Å². The molecule has 3 nitrogen and oxygen atoms in total. The predicted molar refractivity (Wildman–Crippen MR) is 69.1 cm³/mol. The van der Waals surface area contributed by atoms with Crippen LogP contribution in [0.3, 0.4) is 0 Å². The van der Waals surface area contributed by atoms with Crippen molar-refractivity contribution in [2.45, 2.75) is 38.2 Å². The van der Waals surface area contributed by atoms with Gasteiger partial charge in [0.1, 0.15) is 5.60 Å². The Hall–Kier alpha value is -1.84. The normalized spacial score (nSPS) is 17.2. The molecule has 0 heterocycles. The van der Waals surface area contributed by atoms with Crippen molar-refractivity contribution in [3.05, 3.63) is 41.7 Å². The summed E-state index contributed by atoms with van der Waals surface area (Å²) in [5.41, 5.74) is 0.206. The maximum Gasteiger partial charge on any atom is 0.333 e. The highest BCUT2D eigenvalue weighted by atomic mass is 19.1. The second kappa shape index (κ2) is 5.03. The lowest BCUT2D eigenvalue weighted by Gasteiger charge is -2.30. The molecule has 102 valence electrons. The summed E-state index contributed by atoms with van der Waals surface area (Å²) in [6, 6.07) is 4.10. The van der Waals surface area contributed by atoms with Crippen LogP contribution in [0.25, 0.3) is 0 Å². The molecule has 4 heteroatoms. The smallest absolute Gasteiger partial charge is 0.333 e. The monoisotopic (exact) mass is 264 g/mol. The van der Waals surface area contributed by atoms with E-state index in [0.717, 1.165) is 12.8 Å². The molecule has 0 aromatic heterocycles. The molecule has 1 aliphatic rings. The van der Waals surface area contributed by atoms with E-state index in [1.807, 2.05) is 0 Å². The first-order chi connectivity index (χ1) is 8.94. The highest BCUT2D eigenvalue weighted by Crippen LogP contribution is 2.43. The summed E-state index contributed by atoms with van der Waals surface area (Å²) < 4.78 is 18.7. The quantitative estimate of drug-likeness (QED) is 0.672. The molecule has 0 atom stereocenters. The topological polar surface area (TPSA) is 46.5 Å². The summed E-state index contributed by atoms with van der Waals surface area (Å²) in [6.07, 6.45) is 3.22. The second-order valence-electron chi connectivity index (χ2n) is 5.04. The molecule has 0 saturated heterocycles. The number of esters is 1. The lowest BCUT2D eigenvalue weighted by molar-refractivity contribution is -0.155. The van der Waals surface area contributed by atoms with E-state index in [9.17, 15) is 14.3 Å². The first kappa shape index (κ1) is 13.6. The lowest BCUT2D eigenvalue weighted by Crippen LogP contribution is -2.29. The molecule has 19 heavy (non-hydrogen) atoms. The molecular formula is C15H17FO3. The van der Waals surface area contributed by atoms with E-state index in [0.29, 0.717) is 24.0 Å². The number of benzene rings is 1. The van der Waals surface area contributed by atoms with Gasteiger partial charge >= 0.3 is 5.97 Å². The van der Waals surface area contributed by atoms with Gasteiger partial charge in [-0.2, -0.15) is 0 Å². The third-order valence-corrected chi connectivity index (χ3v) is 3.52. The zero-order valence-electron chi connectivity index (χ0n) is 10.9. The van der Waals surface area contributed by atoms with E-state index in [2.05, 4.69) is 6.58 Å². The number of hydrogen-bond donors (Lipinski definition) is 1. The number of carbonyl (C=O) groups is 1. The van der Waals surface area contributed by atoms with E-state index >= 15 is 0 Å². The Bertz CT molecular complexity index is 516. The molecule has 0 aliphatic heterocycles. The Morgan fingerprint density at radius 2 is 2.05 bits per heavy atom. The fourth-order valence-electron chi connectivity index (χ4n) is 2.46. The number of phenolic OH excluding ortho intramolecular Hbond substituents is 1. The SMILES string of the molecule is C=C(C)C(=O)OC1(c2ccc(F)c(O)c2)CCCC1. The Labute approximate surface area is 111 Å². The van der Waals surface area contributed by atoms with Gasteiger partial charge in [-0.05, 0) is 50.3 Å². The third kappa shape index (κ3) is 2.62. The summed E-state index contributed by atoms with van der Waals surface area (Å²) in [5, 5.41) is 9.49. The standard InChI is InChI=1S/C15H17FO3/c1-10(2)14(18)19-15(7-3-4-8-15)11-5-6-12(16)13(17)9-11/h5-6,9,17H,1,3-4,7-8H2,2H3. The summed E-state index contributed by atoms with van der Waals surface area (Å²) >= 11 is 0. The van der Waals surface area contributed by atoms with Crippen LogP contribution in [0.1, 0.15) is 38.2 Å². The zero-order chi connectivity index (χ0) is 14.0. The van der Waals surface area contributed by atoms with Crippen molar-refractivity contribution in [2.75, 3.05) is 0 Å². The van der Waals surface area contributed by atoms with Crippen LogP contribution >= 0.6 is 0 Å². The van der Waals surface area contributed by atoms with Gasteiger partial charge in [-0.25, -0.2) is 9.18 Å². The molecular weight excluding hydrogens is 247 g/mol. The Morgan fingerprint density at radius 1 is 1.42 bits per heavy atom. The Kier molecular flexibility index (Phi) is 3.60. The first-order valence-electron chi connectivity index (χ1n) is 6.32. The minimum atomic E-state index is -0.763. The van der Waals surface area contributed by atoms with Gasteiger partial charge in [-0.15, -0.1) is 0 Å². The first-order valence-corrected chi connectivity index (χ1v) is 6.32. The fourth-order valence-corrected chi connectivity index (χ4v) is 2.46. The molecule has 0 radical (unpaired) electrons. The summed E-state index contributed by atoms with van der Waals surface area (Å²) in [7, 11) is 0. The number of carbonyl (C=O) groups excluding carboxylic acids is 1. The van der Waals surface area contributed by atoms with E-state index in [4.69, 9.17) is 4.74 Å². The Morgan fingerprint density at radius 3 is 2.58 bits per heavy atom. The van der Waals surface area contributed by atoms with Crippen LogP contribution in [-0.4, -0.2) is 11.1 Å². The average Bonchev–Trinajstić information content (AvgIpc) is 2.82. The van der Waals surface area contributed by atoms with Crippen molar-refractivity contribution in [1.82, 2.24) is 0 Å². The van der Waals surface area contributed by atoms with Gasteiger partial charge in [-0.3, -0.25) is 0 Å². The van der Waals surface area contributed by atoms with Crippen LogP contribution in [0, 0.1) is 5.82 Å². The van der Waals surface area contributed by atoms with Crippen LogP contribution in [0.5, 0.6) is 5.75 Å². The van der Waals surface area contributed by atoms with Gasteiger partial charge in [0.25, 0.3) is 0 Å². The van der Waals surface area contributed by atoms with Crippen molar-refractivity contribution in [3.63, 3.8) is 0 Å². The minimum absolute atomic E-state index is 0.331. The van der Waals surface area contributed by atoms with Crippen LogP contribution < -0.4 is 0 Å². The van der Waals surface area contributed by atoms with E-state index in [1.165, 1.54) is 12.1 Å². The van der Waals surface area contributed by atoms with Crippen molar-refractivity contribution < 1.29 is 19.0 Å². The van der Waals surface area contributed by atoms with Crippen molar-refractivity contribution >= 4 is 5.97 Å². The third-order valence-electron chi connectivity index (χ3n) is 3.52. The molecule has 2 rings (SSSR count). The number of rotatable bonds is 3. The van der Waals surface area contributed by atoms with Crippen LogP contribution in [0.4, 0.5) is 4.39 Å². The number of halogens is 1. The van der Waals surface area contributed by atoms with E-state index < -0.39 is 23.1 Å². The highest BCUT2D eigenvalue weighted by molar-refractivity contribution is 5.87. The van der Waals surface area contributed by atoms with Crippen molar-refractivity contribution in [2.24, 2.45) is 0 Å². The van der Waals surface area contributed by atoms with Gasteiger partial charge in [0, 0.05) is 5.57 Å². The minimum Gasteiger partial charge on any atom is -0.505 e. The maximum atomic E-state index is 13.1. The lowest BCUT2D eigenvalue weighted by atomic mass is 9.91. The van der Waals surface area contributed by atoms with Gasteiger partial charge in [-0.1, -0.05) is 12.6 Å². The van der Waals surface area contributed by atoms with Crippen LogP contribution in [-0.2, 0) is 15.1 Å². The van der Waals surface area contributed by atoms with E-state index in [1.54, 1.807) is 13.0 Å². The van der Waals surface area contributed by atoms with Gasteiger partial charge in [0.2, 0.25) is 0 Å². The zero-order valence-corrected chi connectivity index (χ0v) is 10.9. The largest absolute Gasteiger partial charge is 0.505 e. The fraction of sp³-hybridized carbons (Fsp3) is 0.400. The number of ether oxygens (including phenoxy) is 1. The van der Waals surface area contributed by atoms with Gasteiger partial charge < -0.3 is 9.84 Å². The molecule has 0 unspecified atom stereocenters. The molecule has 0 spiro atoms. The number of hydrogen-bond acceptors (Lipinski definition) is 3. The number of aromatic hydroxyl groups is 1. The van der Waals surface area contributed by atoms with Gasteiger partial charge in [0.15, 0.2) is 11.6 Å². The van der Waals surface area contributed by atoms with Crippen LogP contribution in [0.15, 0.2) is 30.4 Å². The summed E-state index contributed by atoms with van der Waals surface area (Å²) in [4.78, 5) is 11.8. The second-order valence-corrected chi connectivity index (χ2v) is 5.04. The average molecular weight is 264 g/mol. The van der Waals surface area contributed by atoms with E-state index in [-0.39, 0.29) is 0 Å². The summed E-state index contributed by atoms with van der Waals surface area (Å²) in [5.74, 6) is -1.55. The van der Waals surface area contributed by atoms with Crippen molar-refractivity contribution in [3.8, 4) is 5.75 Å². The molecule has 1 N–H and O–H groups in total. The molecule has 0 bridgehead atoms. The molecule has 0 amide bonds. The van der Waals surface area contributed by atoms with Crippen molar-refractivity contribution in [1.29, 1.82) is 0 Å². The van der Waals surface area contributed by atoms with Crippen LogP contribution in [0.2, 0.25) is 0 Å². The molecule has 1 saturated carbocycles. The molecule has 1 aromatic rings. The molecule has 1 fully saturated rings. The molecule has 1 aliphatic carbocycles. The Balaban J connectivity index is 2.36. The maximum absolute atomic E-state index is 13.1.